The third kappa shape index (κ3) is 2.09. The molecule has 1 rings (SSSR count). The summed E-state index contributed by atoms with van der Waals surface area (Å²) in [6.45, 7) is -0.350. The molecule has 0 aliphatic carbocycles. The number of rotatable bonds is 2. The highest BCUT2D eigenvalue weighted by Gasteiger charge is 2.15. The van der Waals surface area contributed by atoms with Gasteiger partial charge in [-0.25, -0.2) is 0 Å². The van der Waals surface area contributed by atoms with E-state index in [0.29, 0.717) is 0 Å². The second kappa shape index (κ2) is 3.91. The van der Waals surface area contributed by atoms with Crippen molar-refractivity contribution >= 4 is 28.9 Å². The molecule has 0 spiro atoms. The van der Waals surface area contributed by atoms with E-state index in [1.54, 1.807) is 0 Å². The molecule has 0 unspecified atom stereocenters. The summed E-state index contributed by atoms with van der Waals surface area (Å²) in [5, 5.41) is 19.3. The third-order valence-corrected chi connectivity index (χ3v) is 2.14. The zero-order valence-corrected chi connectivity index (χ0v) is 7.84. The minimum Gasteiger partial charge on any atom is -0.392 e. The van der Waals surface area contributed by atoms with Crippen LogP contribution in [0.4, 0.5) is 5.69 Å². The van der Waals surface area contributed by atoms with Crippen molar-refractivity contribution in [2.75, 3.05) is 0 Å². The van der Waals surface area contributed by atoms with Crippen LogP contribution < -0.4 is 0 Å². The average Bonchev–Trinajstić information content (AvgIpc) is 2.03. The summed E-state index contributed by atoms with van der Waals surface area (Å²) in [7, 11) is 0. The van der Waals surface area contributed by atoms with Gasteiger partial charge in [-0.15, -0.1) is 0 Å². The van der Waals surface area contributed by atoms with Crippen LogP contribution in [0.25, 0.3) is 0 Å². The number of nitrogens with zero attached hydrogens (tertiary/aromatic N) is 1. The Labute approximate surface area is 83.9 Å². The van der Waals surface area contributed by atoms with Gasteiger partial charge in [0.25, 0.3) is 5.69 Å². The van der Waals surface area contributed by atoms with Gasteiger partial charge in [0.1, 0.15) is 5.02 Å². The summed E-state index contributed by atoms with van der Waals surface area (Å²) in [5.41, 5.74) is 0.0351. The van der Waals surface area contributed by atoms with E-state index in [9.17, 15) is 10.1 Å². The van der Waals surface area contributed by atoms with Gasteiger partial charge in [0, 0.05) is 16.7 Å². The lowest BCUT2D eigenvalue weighted by Gasteiger charge is -2.01. The van der Waals surface area contributed by atoms with Crippen molar-refractivity contribution in [3.8, 4) is 0 Å². The van der Waals surface area contributed by atoms with E-state index in [0.717, 1.165) is 6.07 Å². The first-order valence-corrected chi connectivity index (χ1v) is 4.05. The molecule has 0 fully saturated rings. The summed E-state index contributed by atoms with van der Waals surface area (Å²) in [4.78, 5) is 9.77. The second-order valence-electron chi connectivity index (χ2n) is 2.31. The van der Waals surface area contributed by atoms with Gasteiger partial charge < -0.3 is 5.11 Å². The predicted octanol–water partition coefficient (Wildman–Crippen LogP) is 2.39. The van der Waals surface area contributed by atoms with Crippen LogP contribution in [0, 0.1) is 10.1 Å². The van der Waals surface area contributed by atoms with Crippen LogP contribution >= 0.6 is 23.2 Å². The zero-order valence-electron chi connectivity index (χ0n) is 6.33. The Morgan fingerprint density at radius 1 is 1.38 bits per heavy atom. The van der Waals surface area contributed by atoms with Gasteiger partial charge in [0.05, 0.1) is 11.5 Å². The standard InChI is InChI=1S/C7H5Cl2NO3/c8-5-2-6(9)7(10(12)13)1-4(5)3-11/h1-2,11H,3H2. The molecule has 0 amide bonds. The number of halogens is 2. The highest BCUT2D eigenvalue weighted by molar-refractivity contribution is 6.36. The van der Waals surface area contributed by atoms with E-state index in [4.69, 9.17) is 28.3 Å². The molecule has 6 heteroatoms. The fraction of sp³-hybridized carbons (Fsp3) is 0.143. The molecule has 0 saturated heterocycles. The van der Waals surface area contributed by atoms with Gasteiger partial charge in [-0.3, -0.25) is 10.1 Å². The van der Waals surface area contributed by atoms with E-state index < -0.39 is 4.92 Å². The third-order valence-electron chi connectivity index (χ3n) is 1.48. The van der Waals surface area contributed by atoms with Crippen molar-refractivity contribution in [3.63, 3.8) is 0 Å². The van der Waals surface area contributed by atoms with Crippen LogP contribution in [-0.2, 0) is 6.61 Å². The lowest BCUT2D eigenvalue weighted by molar-refractivity contribution is -0.384. The number of aliphatic hydroxyl groups excluding tert-OH is 1. The number of hydrogen-bond donors (Lipinski definition) is 1. The molecule has 1 aromatic rings. The van der Waals surface area contributed by atoms with Gasteiger partial charge >= 0.3 is 0 Å². The van der Waals surface area contributed by atoms with Gasteiger partial charge in [-0.1, -0.05) is 23.2 Å². The van der Waals surface area contributed by atoms with Crippen molar-refractivity contribution in [3.05, 3.63) is 37.9 Å². The van der Waals surface area contributed by atoms with Crippen LogP contribution in [-0.4, -0.2) is 10.0 Å². The largest absolute Gasteiger partial charge is 0.392 e. The summed E-state index contributed by atoms with van der Waals surface area (Å²) >= 11 is 11.2. The fourth-order valence-electron chi connectivity index (χ4n) is 0.842. The van der Waals surface area contributed by atoms with Gasteiger partial charge in [-0.05, 0) is 6.07 Å². The molecule has 0 bridgehead atoms. The van der Waals surface area contributed by atoms with E-state index in [-0.39, 0.29) is 27.9 Å². The van der Waals surface area contributed by atoms with Crippen LogP contribution in [0.2, 0.25) is 10.0 Å². The number of nitro groups is 1. The van der Waals surface area contributed by atoms with Crippen molar-refractivity contribution in [1.82, 2.24) is 0 Å². The molecular weight excluding hydrogens is 217 g/mol. The van der Waals surface area contributed by atoms with Crippen LogP contribution in [0.15, 0.2) is 12.1 Å². The summed E-state index contributed by atoms with van der Waals surface area (Å²) < 4.78 is 0. The zero-order chi connectivity index (χ0) is 10.0. The van der Waals surface area contributed by atoms with Gasteiger partial charge in [-0.2, -0.15) is 0 Å². The van der Waals surface area contributed by atoms with Gasteiger partial charge in [0.15, 0.2) is 0 Å². The number of aliphatic hydroxyl groups is 1. The normalized spacial score (nSPS) is 10.1. The maximum Gasteiger partial charge on any atom is 0.288 e. The minimum absolute atomic E-state index is 0.0350. The molecule has 0 aliphatic rings. The number of nitro benzene ring substituents is 1. The maximum absolute atomic E-state index is 10.4. The second-order valence-corrected chi connectivity index (χ2v) is 3.12. The number of hydrogen-bond acceptors (Lipinski definition) is 3. The maximum atomic E-state index is 10.4. The van der Waals surface area contributed by atoms with E-state index >= 15 is 0 Å². The van der Waals surface area contributed by atoms with Crippen molar-refractivity contribution in [2.45, 2.75) is 6.61 Å². The number of benzene rings is 1. The molecular formula is C7H5Cl2NO3. The molecule has 0 atom stereocenters. The van der Waals surface area contributed by atoms with Crippen LogP contribution in [0.1, 0.15) is 5.56 Å². The fourth-order valence-corrected chi connectivity index (χ4v) is 1.35. The molecule has 0 heterocycles. The Morgan fingerprint density at radius 2 is 2.00 bits per heavy atom. The lowest BCUT2D eigenvalue weighted by atomic mass is 10.2. The van der Waals surface area contributed by atoms with Crippen LogP contribution in [0.3, 0.4) is 0 Å². The molecule has 13 heavy (non-hydrogen) atoms. The lowest BCUT2D eigenvalue weighted by Crippen LogP contribution is -1.93. The van der Waals surface area contributed by atoms with E-state index in [2.05, 4.69) is 0 Å². The molecule has 0 aliphatic heterocycles. The first-order chi connectivity index (χ1) is 6.06. The quantitative estimate of drug-likeness (QED) is 0.617. The first kappa shape index (κ1) is 10.2. The first-order valence-electron chi connectivity index (χ1n) is 3.29. The van der Waals surface area contributed by atoms with Crippen molar-refractivity contribution < 1.29 is 10.0 Å². The summed E-state index contributed by atoms with van der Waals surface area (Å²) in [6.07, 6.45) is 0. The van der Waals surface area contributed by atoms with Crippen molar-refractivity contribution in [2.24, 2.45) is 0 Å². The molecule has 70 valence electrons. The SMILES string of the molecule is O=[N+]([O-])c1cc(CO)c(Cl)cc1Cl. The Morgan fingerprint density at radius 3 is 2.46 bits per heavy atom. The summed E-state index contributed by atoms with van der Waals surface area (Å²) in [5.74, 6) is 0. The van der Waals surface area contributed by atoms with Crippen LogP contribution in [0.5, 0.6) is 0 Å². The van der Waals surface area contributed by atoms with E-state index in [1.165, 1.54) is 6.07 Å². The predicted molar refractivity (Wildman–Crippen MR) is 49.0 cm³/mol. The molecule has 1 N–H and O–H groups in total. The molecule has 0 saturated carbocycles. The Balaban J connectivity index is 3.30. The topological polar surface area (TPSA) is 63.4 Å². The monoisotopic (exact) mass is 221 g/mol. The average molecular weight is 222 g/mol. The Bertz CT molecular complexity index is 354. The Kier molecular flexibility index (Phi) is 3.08. The highest BCUT2D eigenvalue weighted by atomic mass is 35.5. The van der Waals surface area contributed by atoms with Crippen molar-refractivity contribution in [1.29, 1.82) is 0 Å². The molecule has 1 aromatic carbocycles. The highest BCUT2D eigenvalue weighted by Crippen LogP contribution is 2.30. The Hall–Kier alpha value is -0.840. The summed E-state index contributed by atoms with van der Waals surface area (Å²) in [6, 6.07) is 2.40. The van der Waals surface area contributed by atoms with E-state index in [1.807, 2.05) is 0 Å². The molecule has 0 radical (unpaired) electrons. The molecule has 0 aromatic heterocycles. The minimum atomic E-state index is -0.627. The van der Waals surface area contributed by atoms with Gasteiger partial charge in [0.2, 0.25) is 0 Å². The molecule has 4 nitrogen and oxygen atoms in total. The smallest absolute Gasteiger partial charge is 0.288 e.